The van der Waals surface area contributed by atoms with Gasteiger partial charge in [-0.15, -0.1) is 5.10 Å². The summed E-state index contributed by atoms with van der Waals surface area (Å²) in [6, 6.07) is 0.367. The third-order valence-corrected chi connectivity index (χ3v) is 3.12. The van der Waals surface area contributed by atoms with Gasteiger partial charge in [-0.25, -0.2) is 19.6 Å². The molecule has 20 heavy (non-hydrogen) atoms. The van der Waals surface area contributed by atoms with Gasteiger partial charge in [0.25, 0.3) is 5.88 Å². The molecule has 2 N–H and O–H groups in total. The summed E-state index contributed by atoms with van der Waals surface area (Å²) < 4.78 is 7.51. The van der Waals surface area contributed by atoms with Crippen LogP contribution in [-0.4, -0.2) is 29.7 Å². The van der Waals surface area contributed by atoms with Crippen molar-refractivity contribution in [3.63, 3.8) is 0 Å². The maximum atomic E-state index is 5.92. The summed E-state index contributed by atoms with van der Waals surface area (Å²) in [5.74, 6) is 1.07. The number of aromatic nitrogens is 6. The topological polar surface area (TPSA) is 105 Å². The first-order valence-electron chi connectivity index (χ1n) is 6.25. The van der Waals surface area contributed by atoms with E-state index >= 15 is 0 Å². The second-order valence-electron chi connectivity index (χ2n) is 4.58. The number of hydrogen-bond donors (Lipinski definition) is 1. The minimum atomic E-state index is 0.348. The van der Waals surface area contributed by atoms with E-state index in [-0.39, 0.29) is 0 Å². The van der Waals surface area contributed by atoms with Gasteiger partial charge in [-0.2, -0.15) is 0 Å². The van der Waals surface area contributed by atoms with E-state index in [0.717, 1.165) is 12.8 Å². The van der Waals surface area contributed by atoms with Crippen LogP contribution in [0.15, 0.2) is 24.9 Å². The Morgan fingerprint density at radius 2 is 2.10 bits per heavy atom. The molecule has 3 aromatic heterocycles. The van der Waals surface area contributed by atoms with Crippen LogP contribution >= 0.6 is 0 Å². The van der Waals surface area contributed by atoms with E-state index in [1.807, 2.05) is 4.68 Å². The van der Waals surface area contributed by atoms with E-state index in [1.54, 1.807) is 12.4 Å². The van der Waals surface area contributed by atoms with Crippen LogP contribution in [-0.2, 0) is 0 Å². The Labute approximate surface area is 113 Å². The number of hydrogen-bond acceptors (Lipinski definition) is 7. The number of nitrogen functional groups attached to an aromatic ring is 1. The van der Waals surface area contributed by atoms with Gasteiger partial charge in [0.2, 0.25) is 5.88 Å². The molecular weight excluding hydrogens is 258 g/mol. The molecule has 1 saturated carbocycles. The summed E-state index contributed by atoms with van der Waals surface area (Å²) in [6.45, 7) is 0. The van der Waals surface area contributed by atoms with E-state index in [9.17, 15) is 0 Å². The molecule has 8 heteroatoms. The van der Waals surface area contributed by atoms with Crippen molar-refractivity contribution in [3.8, 4) is 11.8 Å². The Morgan fingerprint density at radius 3 is 2.85 bits per heavy atom. The van der Waals surface area contributed by atoms with E-state index < -0.39 is 0 Å². The maximum Gasteiger partial charge on any atom is 0.253 e. The lowest BCUT2D eigenvalue weighted by molar-refractivity contribution is 0.434. The Balaban J connectivity index is 1.86. The summed E-state index contributed by atoms with van der Waals surface area (Å²) in [7, 11) is 0. The van der Waals surface area contributed by atoms with Gasteiger partial charge in [0, 0.05) is 12.4 Å². The molecule has 0 aromatic carbocycles. The Morgan fingerprint density at radius 1 is 1.20 bits per heavy atom. The molecule has 0 bridgehead atoms. The summed E-state index contributed by atoms with van der Waals surface area (Å²) in [5.41, 5.74) is 6.62. The summed E-state index contributed by atoms with van der Waals surface area (Å²) in [6.07, 6.45) is 8.25. The van der Waals surface area contributed by atoms with Crippen LogP contribution in [0.4, 0.5) is 5.82 Å². The lowest BCUT2D eigenvalue weighted by Crippen LogP contribution is -1.98. The standard InChI is InChI=1S/C12H11N7O/c13-10-9-11(17-6-16-10)19(7-1-2-7)18-12(9)20-8-5-14-3-4-15-8/h3-7H,1-2H2,(H2,13,16,17). The molecule has 8 nitrogen and oxygen atoms in total. The first-order chi connectivity index (χ1) is 9.83. The number of nitrogens with zero attached hydrogens (tertiary/aromatic N) is 6. The average Bonchev–Trinajstić information content (AvgIpc) is 3.24. The molecule has 1 aliphatic rings. The number of fused-ring (bicyclic) bond motifs is 1. The molecular formula is C12H11N7O. The van der Waals surface area contributed by atoms with E-state index in [4.69, 9.17) is 10.5 Å². The molecule has 1 aliphatic carbocycles. The minimum Gasteiger partial charge on any atom is -0.417 e. The minimum absolute atomic E-state index is 0.348. The molecule has 0 unspecified atom stereocenters. The second kappa shape index (κ2) is 4.12. The zero-order valence-electron chi connectivity index (χ0n) is 10.5. The van der Waals surface area contributed by atoms with Crippen molar-refractivity contribution in [1.82, 2.24) is 29.7 Å². The van der Waals surface area contributed by atoms with Crippen LogP contribution in [0, 0.1) is 0 Å². The lowest BCUT2D eigenvalue weighted by Gasteiger charge is -2.00. The molecule has 3 aromatic rings. The van der Waals surface area contributed by atoms with Crippen LogP contribution in [0.25, 0.3) is 11.0 Å². The predicted octanol–water partition coefficient (Wildman–Crippen LogP) is 1.33. The monoisotopic (exact) mass is 269 g/mol. The van der Waals surface area contributed by atoms with Crippen molar-refractivity contribution < 1.29 is 4.74 Å². The van der Waals surface area contributed by atoms with Crippen LogP contribution < -0.4 is 10.5 Å². The largest absolute Gasteiger partial charge is 0.417 e. The van der Waals surface area contributed by atoms with Crippen molar-refractivity contribution in [1.29, 1.82) is 0 Å². The van der Waals surface area contributed by atoms with Crippen LogP contribution in [0.3, 0.4) is 0 Å². The SMILES string of the molecule is Nc1ncnc2c1c(Oc1cnccn1)nn2C1CC1. The van der Waals surface area contributed by atoms with Gasteiger partial charge in [0.1, 0.15) is 17.5 Å². The van der Waals surface area contributed by atoms with Gasteiger partial charge in [0.05, 0.1) is 12.2 Å². The van der Waals surface area contributed by atoms with Gasteiger partial charge in [-0.05, 0) is 12.8 Å². The van der Waals surface area contributed by atoms with Crippen LogP contribution in [0.5, 0.6) is 11.8 Å². The molecule has 100 valence electrons. The highest BCUT2D eigenvalue weighted by atomic mass is 16.5. The summed E-state index contributed by atoms with van der Waals surface area (Å²) >= 11 is 0. The average molecular weight is 269 g/mol. The first-order valence-corrected chi connectivity index (χ1v) is 6.25. The molecule has 0 atom stereocenters. The molecule has 1 fully saturated rings. The smallest absolute Gasteiger partial charge is 0.253 e. The quantitative estimate of drug-likeness (QED) is 0.764. The predicted molar refractivity (Wildman–Crippen MR) is 70.1 cm³/mol. The van der Waals surface area contributed by atoms with Crippen molar-refractivity contribution in [3.05, 3.63) is 24.9 Å². The molecule has 3 heterocycles. The molecule has 0 amide bonds. The van der Waals surface area contributed by atoms with Gasteiger partial charge in [0.15, 0.2) is 5.65 Å². The molecule has 0 spiro atoms. The lowest BCUT2D eigenvalue weighted by atomic mass is 10.4. The number of nitrogens with two attached hydrogens (primary N) is 1. The Kier molecular flexibility index (Phi) is 2.28. The van der Waals surface area contributed by atoms with Crippen molar-refractivity contribution in [2.75, 3.05) is 5.73 Å². The summed E-state index contributed by atoms with van der Waals surface area (Å²) in [5, 5.41) is 5.07. The van der Waals surface area contributed by atoms with Crippen molar-refractivity contribution in [2.24, 2.45) is 0 Å². The molecule has 0 radical (unpaired) electrons. The van der Waals surface area contributed by atoms with Crippen molar-refractivity contribution in [2.45, 2.75) is 18.9 Å². The number of rotatable bonds is 3. The Bertz CT molecular complexity index is 766. The van der Waals surface area contributed by atoms with Crippen LogP contribution in [0.1, 0.15) is 18.9 Å². The highest BCUT2D eigenvalue weighted by Crippen LogP contribution is 2.40. The van der Waals surface area contributed by atoms with Gasteiger partial charge >= 0.3 is 0 Å². The van der Waals surface area contributed by atoms with E-state index in [0.29, 0.717) is 34.7 Å². The third kappa shape index (κ3) is 1.73. The highest BCUT2D eigenvalue weighted by Gasteiger charge is 2.29. The zero-order chi connectivity index (χ0) is 13.5. The third-order valence-electron chi connectivity index (χ3n) is 3.12. The fourth-order valence-electron chi connectivity index (χ4n) is 2.05. The first kappa shape index (κ1) is 11.1. The maximum absolute atomic E-state index is 5.92. The molecule has 0 aliphatic heterocycles. The van der Waals surface area contributed by atoms with Crippen molar-refractivity contribution >= 4 is 16.9 Å². The summed E-state index contributed by atoms with van der Waals surface area (Å²) in [4.78, 5) is 16.3. The fraction of sp³-hybridized carbons (Fsp3) is 0.250. The fourth-order valence-corrected chi connectivity index (χ4v) is 2.05. The molecule has 4 rings (SSSR count). The second-order valence-corrected chi connectivity index (χ2v) is 4.58. The van der Waals surface area contributed by atoms with Gasteiger partial charge in [-0.3, -0.25) is 4.98 Å². The van der Waals surface area contributed by atoms with Gasteiger partial charge in [-0.1, -0.05) is 0 Å². The highest BCUT2D eigenvalue weighted by molar-refractivity contribution is 5.90. The zero-order valence-corrected chi connectivity index (χ0v) is 10.5. The molecule has 0 saturated heterocycles. The van der Waals surface area contributed by atoms with Crippen LogP contribution in [0.2, 0.25) is 0 Å². The normalized spacial score (nSPS) is 14.6. The Hall–Kier alpha value is -2.77. The van der Waals surface area contributed by atoms with E-state index in [2.05, 4.69) is 25.0 Å². The number of ether oxygens (including phenoxy) is 1. The van der Waals surface area contributed by atoms with E-state index in [1.165, 1.54) is 12.5 Å². The van der Waals surface area contributed by atoms with Gasteiger partial charge < -0.3 is 10.5 Å². The number of anilines is 1.